The lowest BCUT2D eigenvalue weighted by atomic mass is 9.94. The fourth-order valence-electron chi connectivity index (χ4n) is 3.93. The topological polar surface area (TPSA) is 90.6 Å². The molecule has 1 heterocycles. The third-order valence-corrected chi connectivity index (χ3v) is 6.47. The Morgan fingerprint density at radius 2 is 1.79 bits per heavy atom. The Kier molecular flexibility index (Phi) is 6.03. The molecule has 0 aliphatic carbocycles. The van der Waals surface area contributed by atoms with Crippen LogP contribution in [0.1, 0.15) is 28.3 Å². The second-order valence-electron chi connectivity index (χ2n) is 7.53. The van der Waals surface area contributed by atoms with Crippen LogP contribution in [0.5, 0.6) is 5.75 Å². The van der Waals surface area contributed by atoms with E-state index in [0.29, 0.717) is 28.1 Å². The van der Waals surface area contributed by atoms with Crippen molar-refractivity contribution in [3.8, 4) is 11.8 Å². The summed E-state index contributed by atoms with van der Waals surface area (Å²) in [7, 11) is 1.50. The number of hydrogen-bond acceptors (Lipinski definition) is 5. The zero-order chi connectivity index (χ0) is 23.7. The Labute approximate surface area is 199 Å². The van der Waals surface area contributed by atoms with Crippen LogP contribution in [0.25, 0.3) is 5.76 Å². The molecule has 1 aliphatic heterocycles. The van der Waals surface area contributed by atoms with Crippen LogP contribution in [0.2, 0.25) is 0 Å². The average Bonchev–Trinajstić information content (AvgIpc) is 3.10. The number of methoxy groups -OCH3 is 1. The van der Waals surface area contributed by atoms with Gasteiger partial charge in [-0.3, -0.25) is 14.5 Å². The average molecular weight is 503 g/mol. The van der Waals surface area contributed by atoms with Crippen LogP contribution in [0, 0.1) is 18.3 Å². The lowest BCUT2D eigenvalue weighted by Gasteiger charge is -2.26. The first-order chi connectivity index (χ1) is 15.9. The zero-order valence-electron chi connectivity index (χ0n) is 17.9. The first-order valence-electron chi connectivity index (χ1n) is 10.1. The van der Waals surface area contributed by atoms with E-state index in [0.717, 1.165) is 10.0 Å². The maximum Gasteiger partial charge on any atom is 0.300 e. The molecule has 0 aromatic heterocycles. The van der Waals surface area contributed by atoms with Crippen molar-refractivity contribution in [3.05, 3.63) is 99.0 Å². The number of amides is 1. The highest BCUT2D eigenvalue weighted by atomic mass is 79.9. The SMILES string of the molecule is COc1ccccc1C1/C(=C(\O)c2ccc(Br)c(C)c2)C(=O)C(=O)N1c1ccc(C#N)cc1. The zero-order valence-corrected chi connectivity index (χ0v) is 19.5. The Bertz CT molecular complexity index is 1340. The van der Waals surface area contributed by atoms with Gasteiger partial charge in [-0.25, -0.2) is 0 Å². The molecule has 3 aromatic carbocycles. The second-order valence-corrected chi connectivity index (χ2v) is 8.39. The van der Waals surface area contributed by atoms with E-state index in [4.69, 9.17) is 10.00 Å². The molecule has 1 fully saturated rings. The molecule has 0 bridgehead atoms. The van der Waals surface area contributed by atoms with E-state index in [-0.39, 0.29) is 11.3 Å². The molecule has 3 aromatic rings. The molecule has 0 spiro atoms. The van der Waals surface area contributed by atoms with Crippen molar-refractivity contribution < 1.29 is 19.4 Å². The van der Waals surface area contributed by atoms with Crippen molar-refractivity contribution in [2.24, 2.45) is 0 Å². The van der Waals surface area contributed by atoms with Gasteiger partial charge in [0.05, 0.1) is 30.4 Å². The van der Waals surface area contributed by atoms with Gasteiger partial charge in [0.2, 0.25) is 0 Å². The van der Waals surface area contributed by atoms with Gasteiger partial charge in [-0.1, -0.05) is 40.2 Å². The van der Waals surface area contributed by atoms with Crippen molar-refractivity contribution in [2.45, 2.75) is 13.0 Å². The summed E-state index contributed by atoms with van der Waals surface area (Å²) < 4.78 is 6.37. The number of nitriles is 1. The molecule has 6 nitrogen and oxygen atoms in total. The van der Waals surface area contributed by atoms with Gasteiger partial charge in [0, 0.05) is 21.3 Å². The minimum atomic E-state index is -0.918. The third-order valence-electron chi connectivity index (χ3n) is 5.58. The van der Waals surface area contributed by atoms with Gasteiger partial charge in [0.15, 0.2) is 0 Å². The Balaban J connectivity index is 1.98. The van der Waals surface area contributed by atoms with Crippen molar-refractivity contribution in [2.75, 3.05) is 12.0 Å². The van der Waals surface area contributed by atoms with E-state index in [1.54, 1.807) is 66.7 Å². The Hall–Kier alpha value is -3.89. The van der Waals surface area contributed by atoms with Crippen molar-refractivity contribution >= 4 is 39.1 Å². The number of rotatable bonds is 4. The molecule has 33 heavy (non-hydrogen) atoms. The fraction of sp³-hybridized carbons (Fsp3) is 0.115. The van der Waals surface area contributed by atoms with E-state index in [1.165, 1.54) is 12.0 Å². The minimum absolute atomic E-state index is 0.0319. The molecule has 1 aliphatic rings. The smallest absolute Gasteiger partial charge is 0.300 e. The van der Waals surface area contributed by atoms with Crippen LogP contribution in [-0.2, 0) is 9.59 Å². The summed E-state index contributed by atoms with van der Waals surface area (Å²) in [6.45, 7) is 1.87. The molecule has 7 heteroatoms. The maximum atomic E-state index is 13.3. The number of aryl methyl sites for hydroxylation is 1. The number of carbonyl (C=O) groups is 2. The van der Waals surface area contributed by atoms with Gasteiger partial charge in [-0.15, -0.1) is 0 Å². The molecular weight excluding hydrogens is 484 g/mol. The number of anilines is 1. The molecule has 1 N–H and O–H groups in total. The van der Waals surface area contributed by atoms with Gasteiger partial charge in [0.25, 0.3) is 11.7 Å². The van der Waals surface area contributed by atoms with E-state index < -0.39 is 17.7 Å². The minimum Gasteiger partial charge on any atom is -0.507 e. The van der Waals surface area contributed by atoms with E-state index in [9.17, 15) is 14.7 Å². The van der Waals surface area contributed by atoms with Gasteiger partial charge in [-0.05, 0) is 55.0 Å². The first-order valence-corrected chi connectivity index (χ1v) is 10.9. The van der Waals surface area contributed by atoms with Crippen LogP contribution in [0.15, 0.2) is 76.8 Å². The van der Waals surface area contributed by atoms with Gasteiger partial charge in [-0.2, -0.15) is 5.26 Å². The number of carbonyl (C=O) groups excluding carboxylic acids is 2. The summed E-state index contributed by atoms with van der Waals surface area (Å²) in [6.07, 6.45) is 0. The summed E-state index contributed by atoms with van der Waals surface area (Å²) in [5.41, 5.74) is 2.67. The van der Waals surface area contributed by atoms with Crippen LogP contribution in [0.3, 0.4) is 0 Å². The maximum absolute atomic E-state index is 13.3. The highest BCUT2D eigenvalue weighted by Crippen LogP contribution is 2.45. The highest BCUT2D eigenvalue weighted by molar-refractivity contribution is 9.10. The predicted octanol–water partition coefficient (Wildman–Crippen LogP) is 5.26. The van der Waals surface area contributed by atoms with Gasteiger partial charge >= 0.3 is 0 Å². The number of ether oxygens (including phenoxy) is 1. The van der Waals surface area contributed by atoms with Crippen LogP contribution in [0.4, 0.5) is 5.69 Å². The van der Waals surface area contributed by atoms with Crippen molar-refractivity contribution in [3.63, 3.8) is 0 Å². The van der Waals surface area contributed by atoms with Crippen LogP contribution in [-0.4, -0.2) is 23.9 Å². The predicted molar refractivity (Wildman–Crippen MR) is 128 cm³/mol. The van der Waals surface area contributed by atoms with Crippen LogP contribution < -0.4 is 9.64 Å². The van der Waals surface area contributed by atoms with Crippen LogP contribution >= 0.6 is 15.9 Å². The van der Waals surface area contributed by atoms with E-state index >= 15 is 0 Å². The number of benzene rings is 3. The first kappa shape index (κ1) is 22.3. The number of ketones is 1. The third kappa shape index (κ3) is 3.90. The number of hydrogen-bond donors (Lipinski definition) is 1. The number of para-hydroxylation sites is 1. The normalized spacial score (nSPS) is 17.2. The Morgan fingerprint density at radius 3 is 2.42 bits per heavy atom. The Morgan fingerprint density at radius 1 is 1.09 bits per heavy atom. The number of Topliss-reactive ketones (excluding diaryl/α,β-unsaturated/α-hetero) is 1. The monoisotopic (exact) mass is 502 g/mol. The molecule has 1 unspecified atom stereocenters. The van der Waals surface area contributed by atoms with E-state index in [1.807, 2.05) is 13.0 Å². The number of aliphatic hydroxyl groups excluding tert-OH is 1. The lowest BCUT2D eigenvalue weighted by molar-refractivity contribution is -0.132. The van der Waals surface area contributed by atoms with Crippen molar-refractivity contribution in [1.82, 2.24) is 0 Å². The molecule has 164 valence electrons. The number of nitrogens with zero attached hydrogens (tertiary/aromatic N) is 2. The molecule has 0 radical (unpaired) electrons. The second kappa shape index (κ2) is 8.93. The molecule has 1 amide bonds. The summed E-state index contributed by atoms with van der Waals surface area (Å²) in [5, 5.41) is 20.4. The highest BCUT2D eigenvalue weighted by Gasteiger charge is 2.47. The number of halogens is 1. The summed E-state index contributed by atoms with van der Waals surface area (Å²) in [6, 6.07) is 19.7. The largest absolute Gasteiger partial charge is 0.507 e. The summed E-state index contributed by atoms with van der Waals surface area (Å²) in [4.78, 5) is 27.8. The van der Waals surface area contributed by atoms with Crippen molar-refractivity contribution in [1.29, 1.82) is 5.26 Å². The molecular formula is C26H19BrN2O4. The summed E-state index contributed by atoms with van der Waals surface area (Å²) in [5.74, 6) is -1.36. The molecule has 1 saturated heterocycles. The van der Waals surface area contributed by atoms with Gasteiger partial charge in [0.1, 0.15) is 11.5 Å². The molecule has 1 atom stereocenters. The molecule has 4 rings (SSSR count). The lowest BCUT2D eigenvalue weighted by Crippen LogP contribution is -2.29. The molecule has 0 saturated carbocycles. The fourth-order valence-corrected chi connectivity index (χ4v) is 4.18. The summed E-state index contributed by atoms with van der Waals surface area (Å²) >= 11 is 3.44. The van der Waals surface area contributed by atoms with Gasteiger partial charge < -0.3 is 9.84 Å². The quantitative estimate of drug-likeness (QED) is 0.298. The standard InChI is InChI=1S/C26H19BrN2O4/c1-15-13-17(9-12-20(15)27)24(30)22-23(19-5-3-4-6-21(19)33-2)29(26(32)25(22)31)18-10-7-16(14-28)8-11-18/h3-13,23,30H,1-2H3/b24-22+. The van der Waals surface area contributed by atoms with E-state index in [2.05, 4.69) is 15.9 Å². The number of aliphatic hydroxyl groups is 1.